The molecule has 0 aliphatic rings. The van der Waals surface area contributed by atoms with Crippen molar-refractivity contribution in [2.75, 3.05) is 16.8 Å². The van der Waals surface area contributed by atoms with Crippen molar-refractivity contribution in [3.8, 4) is 0 Å². The normalized spacial score (nSPS) is 12.3. The molecule has 0 fully saturated rings. The summed E-state index contributed by atoms with van der Waals surface area (Å²) < 4.78 is 36.7. The Morgan fingerprint density at radius 1 is 1.16 bits per heavy atom. The summed E-state index contributed by atoms with van der Waals surface area (Å²) >= 11 is 12.6. The highest BCUT2D eigenvalue weighted by molar-refractivity contribution is 7.99. The average molecular weight is 497 g/mol. The number of anilines is 1. The van der Waals surface area contributed by atoms with E-state index in [0.717, 1.165) is 11.8 Å². The number of hydrogen-bond donors (Lipinski definition) is 3. The fraction of sp³-hybridized carbons (Fsp3) is 0.333. The van der Waals surface area contributed by atoms with Crippen LogP contribution in [-0.4, -0.2) is 51.5 Å². The molecule has 3 N–H and O–H groups in total. The van der Waals surface area contributed by atoms with Crippen molar-refractivity contribution in [3.63, 3.8) is 0 Å². The maximum absolute atomic E-state index is 12.7. The van der Waals surface area contributed by atoms with Gasteiger partial charge in [0.2, 0.25) is 11.7 Å². The Labute approximate surface area is 189 Å². The van der Waals surface area contributed by atoms with Crippen LogP contribution < -0.4 is 10.6 Å². The van der Waals surface area contributed by atoms with Crippen LogP contribution in [0.4, 0.5) is 18.9 Å². The number of carbonyl (C=O) groups is 3. The van der Waals surface area contributed by atoms with Gasteiger partial charge in [0.15, 0.2) is 0 Å². The number of rotatable bonds is 10. The summed E-state index contributed by atoms with van der Waals surface area (Å²) in [5.74, 6) is -3.46. The molecule has 0 aliphatic carbocycles. The monoisotopic (exact) mass is 496 g/mol. The molecule has 0 saturated heterocycles. The molecule has 31 heavy (non-hydrogen) atoms. The molecule has 0 saturated carbocycles. The van der Waals surface area contributed by atoms with Crippen molar-refractivity contribution in [2.45, 2.75) is 25.1 Å². The van der Waals surface area contributed by atoms with E-state index in [1.165, 1.54) is 30.6 Å². The largest absolute Gasteiger partial charge is 0.450 e. The molecule has 1 heterocycles. The molecule has 0 radical (unpaired) electrons. The summed E-state index contributed by atoms with van der Waals surface area (Å²) in [5, 5.41) is 11.9. The first kappa shape index (κ1) is 25.0. The summed E-state index contributed by atoms with van der Waals surface area (Å²) in [6.07, 6.45) is -1.85. The van der Waals surface area contributed by atoms with Crippen LogP contribution in [0.1, 0.15) is 23.2 Å². The van der Waals surface area contributed by atoms with Crippen molar-refractivity contribution < 1.29 is 27.6 Å². The number of hydrogen-bond acceptors (Lipinski definition) is 5. The lowest BCUT2D eigenvalue weighted by atomic mass is 10.1. The molecule has 1 aromatic carbocycles. The fourth-order valence-corrected chi connectivity index (χ4v) is 3.77. The summed E-state index contributed by atoms with van der Waals surface area (Å²) in [7, 11) is 0. The van der Waals surface area contributed by atoms with E-state index in [-0.39, 0.29) is 24.2 Å². The van der Waals surface area contributed by atoms with Gasteiger partial charge in [-0.1, -0.05) is 23.2 Å². The molecule has 1 atom stereocenters. The minimum absolute atomic E-state index is 0.122. The summed E-state index contributed by atoms with van der Waals surface area (Å²) in [6.45, 7) is 0. The number of nitrogens with one attached hydrogen (secondary N) is 3. The SMILES string of the molecule is O=C(N[C@@H](CCCSCC(=O)C(F)(F)F)C(=O)Nc1cc(Cl)cc(Cl)c1)c1cn[nH]c1. The van der Waals surface area contributed by atoms with Crippen LogP contribution in [0, 0.1) is 0 Å². The van der Waals surface area contributed by atoms with E-state index < -0.39 is 35.6 Å². The van der Waals surface area contributed by atoms with Gasteiger partial charge in [-0.25, -0.2) is 0 Å². The molecule has 168 valence electrons. The highest BCUT2D eigenvalue weighted by Crippen LogP contribution is 2.23. The lowest BCUT2D eigenvalue weighted by Crippen LogP contribution is -2.43. The molecule has 1 aromatic heterocycles. The van der Waals surface area contributed by atoms with E-state index in [0.29, 0.717) is 15.7 Å². The number of benzene rings is 1. The van der Waals surface area contributed by atoms with E-state index in [2.05, 4.69) is 20.8 Å². The van der Waals surface area contributed by atoms with Gasteiger partial charge < -0.3 is 10.6 Å². The molecule has 2 rings (SSSR count). The van der Waals surface area contributed by atoms with Gasteiger partial charge in [0.05, 0.1) is 17.5 Å². The zero-order valence-corrected chi connectivity index (χ0v) is 18.1. The minimum Gasteiger partial charge on any atom is -0.340 e. The Morgan fingerprint density at radius 3 is 2.42 bits per heavy atom. The van der Waals surface area contributed by atoms with Crippen molar-refractivity contribution in [1.29, 1.82) is 0 Å². The number of Topliss-reactive ketones (excluding diaryl/α,β-unsaturated/α-hetero) is 1. The predicted molar refractivity (Wildman–Crippen MR) is 113 cm³/mol. The van der Waals surface area contributed by atoms with Gasteiger partial charge in [-0.3, -0.25) is 19.5 Å². The lowest BCUT2D eigenvalue weighted by Gasteiger charge is -2.18. The van der Waals surface area contributed by atoms with E-state index >= 15 is 0 Å². The third-order valence-corrected chi connectivity index (χ3v) is 5.32. The second kappa shape index (κ2) is 11.4. The Kier molecular flexibility index (Phi) is 9.20. The van der Waals surface area contributed by atoms with Crippen LogP contribution in [0.3, 0.4) is 0 Å². The van der Waals surface area contributed by atoms with Crippen LogP contribution in [0.15, 0.2) is 30.6 Å². The lowest BCUT2D eigenvalue weighted by molar-refractivity contribution is -0.167. The Morgan fingerprint density at radius 2 is 1.84 bits per heavy atom. The average Bonchev–Trinajstić information content (AvgIpc) is 3.19. The van der Waals surface area contributed by atoms with E-state index in [9.17, 15) is 27.6 Å². The Bertz CT molecular complexity index is 906. The van der Waals surface area contributed by atoms with Crippen LogP contribution in [0.5, 0.6) is 0 Å². The van der Waals surface area contributed by atoms with Gasteiger partial charge >= 0.3 is 6.18 Å². The molecule has 13 heteroatoms. The Balaban J connectivity index is 1.97. The zero-order chi connectivity index (χ0) is 23.0. The van der Waals surface area contributed by atoms with Crippen molar-refractivity contribution in [3.05, 3.63) is 46.2 Å². The van der Waals surface area contributed by atoms with E-state index in [1.54, 1.807) is 0 Å². The fourth-order valence-electron chi connectivity index (χ4n) is 2.38. The molecular formula is C18H17Cl2F3N4O3S. The summed E-state index contributed by atoms with van der Waals surface area (Å²) in [4.78, 5) is 35.9. The van der Waals surface area contributed by atoms with Gasteiger partial charge in [-0.05, 0) is 36.8 Å². The maximum atomic E-state index is 12.7. The summed E-state index contributed by atoms with van der Waals surface area (Å²) in [5.41, 5.74) is 0.518. The van der Waals surface area contributed by atoms with Crippen LogP contribution in [0.25, 0.3) is 0 Å². The van der Waals surface area contributed by atoms with Crippen LogP contribution >= 0.6 is 35.0 Å². The number of carbonyl (C=O) groups excluding carboxylic acids is 3. The van der Waals surface area contributed by atoms with Crippen molar-refractivity contribution >= 4 is 58.2 Å². The predicted octanol–water partition coefficient (Wildman–Crippen LogP) is 4.10. The maximum Gasteiger partial charge on any atom is 0.450 e. The number of aromatic nitrogens is 2. The third-order valence-electron chi connectivity index (χ3n) is 3.84. The van der Waals surface area contributed by atoms with Gasteiger partial charge in [-0.2, -0.15) is 30.0 Å². The second-order valence-corrected chi connectivity index (χ2v) is 8.25. The molecule has 0 bridgehead atoms. The first-order valence-electron chi connectivity index (χ1n) is 8.80. The van der Waals surface area contributed by atoms with Crippen LogP contribution in [0.2, 0.25) is 10.0 Å². The molecule has 2 aromatic rings. The number of amides is 2. The first-order chi connectivity index (χ1) is 14.6. The van der Waals surface area contributed by atoms with Gasteiger partial charge in [0, 0.05) is 21.9 Å². The molecular weight excluding hydrogens is 480 g/mol. The molecule has 2 amide bonds. The van der Waals surface area contributed by atoms with E-state index in [1.807, 2.05) is 0 Å². The standard InChI is InChI=1S/C18H17Cl2F3N4O3S/c19-11-4-12(20)6-13(5-11)26-17(30)14(27-16(29)10-7-24-25-8-10)2-1-3-31-9-15(28)18(21,22)23/h4-8,14H,1-3,9H2,(H,24,25)(H,26,30)(H,27,29)/t14-/m0/s1. The Hall–Kier alpha value is -2.24. The molecule has 0 aliphatic heterocycles. The van der Waals surface area contributed by atoms with Gasteiger partial charge in [-0.15, -0.1) is 0 Å². The van der Waals surface area contributed by atoms with E-state index in [4.69, 9.17) is 23.2 Å². The van der Waals surface area contributed by atoms with Crippen LogP contribution in [-0.2, 0) is 9.59 Å². The number of nitrogens with zero attached hydrogens (tertiary/aromatic N) is 1. The minimum atomic E-state index is -4.87. The second-order valence-electron chi connectivity index (χ2n) is 6.28. The summed E-state index contributed by atoms with van der Waals surface area (Å²) in [6, 6.07) is 3.42. The number of thioether (sulfide) groups is 1. The molecule has 0 unspecified atom stereocenters. The number of aromatic amines is 1. The zero-order valence-electron chi connectivity index (χ0n) is 15.8. The number of ketones is 1. The highest BCUT2D eigenvalue weighted by atomic mass is 35.5. The topological polar surface area (TPSA) is 104 Å². The third kappa shape index (κ3) is 8.42. The number of alkyl halides is 3. The highest BCUT2D eigenvalue weighted by Gasteiger charge is 2.37. The number of H-pyrrole nitrogens is 1. The van der Waals surface area contributed by atoms with Crippen molar-refractivity contribution in [2.24, 2.45) is 0 Å². The first-order valence-corrected chi connectivity index (χ1v) is 10.7. The van der Waals surface area contributed by atoms with Gasteiger partial charge in [0.25, 0.3) is 5.91 Å². The van der Waals surface area contributed by atoms with Crippen molar-refractivity contribution in [1.82, 2.24) is 15.5 Å². The smallest absolute Gasteiger partial charge is 0.340 e. The quantitative estimate of drug-likeness (QED) is 0.429. The molecule has 7 nitrogen and oxygen atoms in total. The molecule has 0 spiro atoms. The number of halogens is 5. The van der Waals surface area contributed by atoms with Gasteiger partial charge in [0.1, 0.15) is 6.04 Å².